The van der Waals surface area contributed by atoms with Crippen molar-refractivity contribution in [3.05, 3.63) is 63.5 Å². The van der Waals surface area contributed by atoms with E-state index in [1.54, 1.807) is 12.1 Å². The SMILES string of the molecule is COc1c(C(O)CN2CCN3C[C@H](c4ccc5c(c4C)COC5=O)OC[C@@H]3C2)ccc(C#N)c1F.Cl. The predicted molar refractivity (Wildman–Crippen MR) is 131 cm³/mol. The van der Waals surface area contributed by atoms with Crippen molar-refractivity contribution < 1.29 is 28.5 Å². The number of piperazine rings is 1. The second-order valence-corrected chi connectivity index (χ2v) is 9.29. The lowest BCUT2D eigenvalue weighted by Crippen LogP contribution is -2.58. The number of morpholine rings is 1. The van der Waals surface area contributed by atoms with Crippen molar-refractivity contribution in [3.63, 3.8) is 0 Å². The first kappa shape index (κ1) is 26.3. The lowest BCUT2D eigenvalue weighted by molar-refractivity contribution is -0.0939. The molecule has 3 heterocycles. The Balaban J connectivity index is 0.00000304. The number of nitrogens with zero attached hydrogens (tertiary/aromatic N) is 3. The normalized spacial score (nSPS) is 22.6. The first-order valence-corrected chi connectivity index (χ1v) is 11.7. The molecule has 2 fully saturated rings. The van der Waals surface area contributed by atoms with Crippen molar-refractivity contribution in [3.8, 4) is 11.8 Å². The van der Waals surface area contributed by atoms with Gasteiger partial charge in [-0.25, -0.2) is 9.18 Å². The fraction of sp³-hybridized carbons (Fsp3) is 0.462. The number of aliphatic hydroxyl groups is 1. The van der Waals surface area contributed by atoms with Crippen molar-refractivity contribution in [1.82, 2.24) is 9.80 Å². The summed E-state index contributed by atoms with van der Waals surface area (Å²) in [6.07, 6.45) is -1.02. The third-order valence-electron chi connectivity index (χ3n) is 7.38. The van der Waals surface area contributed by atoms with E-state index in [1.165, 1.54) is 13.2 Å². The van der Waals surface area contributed by atoms with Gasteiger partial charge in [-0.3, -0.25) is 9.80 Å². The van der Waals surface area contributed by atoms with Gasteiger partial charge in [-0.15, -0.1) is 12.4 Å². The van der Waals surface area contributed by atoms with E-state index in [-0.39, 0.29) is 41.8 Å². The molecule has 0 radical (unpaired) electrons. The monoisotopic (exact) mass is 517 g/mol. The van der Waals surface area contributed by atoms with Gasteiger partial charge in [0.05, 0.1) is 37.1 Å². The number of hydrogen-bond acceptors (Lipinski definition) is 8. The highest BCUT2D eigenvalue weighted by Gasteiger charge is 2.36. The molecule has 3 atom stereocenters. The Hall–Kier alpha value is -2.74. The van der Waals surface area contributed by atoms with Crippen LogP contribution in [0.1, 0.15) is 50.4 Å². The zero-order valence-electron chi connectivity index (χ0n) is 20.2. The highest BCUT2D eigenvalue weighted by atomic mass is 35.5. The second-order valence-electron chi connectivity index (χ2n) is 9.29. The third kappa shape index (κ3) is 4.67. The zero-order valence-corrected chi connectivity index (χ0v) is 21.0. The van der Waals surface area contributed by atoms with Crippen molar-refractivity contribution >= 4 is 18.4 Å². The summed E-state index contributed by atoms with van der Waals surface area (Å²) in [5, 5.41) is 19.9. The van der Waals surface area contributed by atoms with E-state index in [9.17, 15) is 14.3 Å². The van der Waals surface area contributed by atoms with Crippen LogP contribution in [-0.4, -0.2) is 73.4 Å². The topological polar surface area (TPSA) is 95.3 Å². The van der Waals surface area contributed by atoms with Gasteiger partial charge in [-0.2, -0.15) is 5.26 Å². The molecule has 2 saturated heterocycles. The molecule has 0 saturated carbocycles. The maximum atomic E-state index is 14.5. The molecule has 10 heteroatoms. The summed E-state index contributed by atoms with van der Waals surface area (Å²) < 4.78 is 31.1. The van der Waals surface area contributed by atoms with Crippen LogP contribution in [0.2, 0.25) is 0 Å². The molecule has 1 unspecified atom stereocenters. The smallest absolute Gasteiger partial charge is 0.338 e. The number of nitriles is 1. The molecule has 0 aromatic heterocycles. The van der Waals surface area contributed by atoms with E-state index in [0.717, 1.165) is 42.9 Å². The van der Waals surface area contributed by atoms with Gasteiger partial charge in [-0.1, -0.05) is 12.1 Å². The Bertz CT molecular complexity index is 1200. The Kier molecular flexibility index (Phi) is 7.83. The van der Waals surface area contributed by atoms with Gasteiger partial charge in [-0.05, 0) is 30.2 Å². The van der Waals surface area contributed by atoms with E-state index >= 15 is 0 Å². The average Bonchev–Trinajstić information content (AvgIpc) is 3.25. The summed E-state index contributed by atoms with van der Waals surface area (Å²) in [4.78, 5) is 16.4. The molecule has 3 aliphatic heterocycles. The summed E-state index contributed by atoms with van der Waals surface area (Å²) in [6.45, 7) is 6.27. The van der Waals surface area contributed by atoms with Crippen molar-refractivity contribution in [2.45, 2.75) is 31.8 Å². The molecular weight excluding hydrogens is 489 g/mol. The minimum atomic E-state index is -0.949. The number of cyclic esters (lactones) is 1. The fourth-order valence-corrected chi connectivity index (χ4v) is 5.39. The molecule has 0 aliphatic carbocycles. The quantitative estimate of drug-likeness (QED) is 0.605. The third-order valence-corrected chi connectivity index (χ3v) is 7.38. The molecular formula is C26H29ClFN3O5. The molecule has 0 spiro atoms. The Morgan fingerprint density at radius 2 is 2.08 bits per heavy atom. The van der Waals surface area contributed by atoms with Crippen LogP contribution in [0, 0.1) is 24.1 Å². The van der Waals surface area contributed by atoms with E-state index in [0.29, 0.717) is 30.9 Å². The first-order valence-electron chi connectivity index (χ1n) is 11.7. The van der Waals surface area contributed by atoms with Crippen LogP contribution in [0.3, 0.4) is 0 Å². The summed E-state index contributed by atoms with van der Waals surface area (Å²) in [6, 6.07) is 8.71. The maximum Gasteiger partial charge on any atom is 0.338 e. The molecule has 0 amide bonds. The number of ether oxygens (including phenoxy) is 3. The molecule has 192 valence electrons. The molecule has 5 rings (SSSR count). The highest BCUT2D eigenvalue weighted by Crippen LogP contribution is 2.35. The van der Waals surface area contributed by atoms with E-state index in [1.807, 2.05) is 19.1 Å². The highest BCUT2D eigenvalue weighted by molar-refractivity contribution is 5.94. The van der Waals surface area contributed by atoms with Gasteiger partial charge in [0.15, 0.2) is 11.6 Å². The van der Waals surface area contributed by atoms with Crippen LogP contribution in [0.4, 0.5) is 4.39 Å². The minimum absolute atomic E-state index is 0. The number of benzene rings is 2. The zero-order chi connectivity index (χ0) is 24.7. The largest absolute Gasteiger partial charge is 0.493 e. The average molecular weight is 518 g/mol. The number of esters is 1. The van der Waals surface area contributed by atoms with Gasteiger partial charge in [0, 0.05) is 49.9 Å². The number of methoxy groups -OCH3 is 1. The van der Waals surface area contributed by atoms with Crippen LogP contribution < -0.4 is 4.74 Å². The number of carbonyl (C=O) groups excluding carboxylic acids is 1. The number of fused-ring (bicyclic) bond motifs is 2. The van der Waals surface area contributed by atoms with Gasteiger partial charge in [0.25, 0.3) is 0 Å². The fourth-order valence-electron chi connectivity index (χ4n) is 5.39. The van der Waals surface area contributed by atoms with Gasteiger partial charge in [0.2, 0.25) is 0 Å². The number of hydrogen-bond donors (Lipinski definition) is 1. The van der Waals surface area contributed by atoms with Crippen molar-refractivity contribution in [2.24, 2.45) is 0 Å². The number of rotatable bonds is 5. The van der Waals surface area contributed by atoms with Crippen LogP contribution >= 0.6 is 12.4 Å². The van der Waals surface area contributed by atoms with E-state index < -0.39 is 11.9 Å². The minimum Gasteiger partial charge on any atom is -0.493 e. The molecule has 2 aromatic carbocycles. The maximum absolute atomic E-state index is 14.5. The Morgan fingerprint density at radius 3 is 2.83 bits per heavy atom. The van der Waals surface area contributed by atoms with Crippen LogP contribution in [-0.2, 0) is 16.1 Å². The summed E-state index contributed by atoms with van der Waals surface area (Å²) >= 11 is 0. The number of aliphatic hydroxyl groups excluding tert-OH is 1. The molecule has 36 heavy (non-hydrogen) atoms. The lowest BCUT2D eigenvalue weighted by Gasteiger charge is -2.46. The lowest BCUT2D eigenvalue weighted by atomic mass is 9.94. The number of β-amino-alcohol motifs (C(OH)–C–C–N with tert-alkyl or cyclic N) is 1. The predicted octanol–water partition coefficient (Wildman–Crippen LogP) is 2.90. The molecule has 0 bridgehead atoms. The Labute approximate surface area is 215 Å². The standard InChI is InChI=1S/C26H28FN3O5.ClH/c1-15-18(5-6-19-21(15)14-35-26(19)32)23-12-30-8-7-29(10-17(30)13-34-23)11-22(31)20-4-3-16(9-28)24(27)25(20)33-2;/h3-6,17,22-23,31H,7-8,10-14H2,1-2H3;1H/t17-,22?,23+;/m0./s1. The van der Waals surface area contributed by atoms with Crippen molar-refractivity contribution in [1.29, 1.82) is 5.26 Å². The molecule has 1 N–H and O–H groups in total. The molecule has 2 aromatic rings. The summed E-state index contributed by atoms with van der Waals surface area (Å²) in [7, 11) is 1.33. The first-order chi connectivity index (χ1) is 16.9. The van der Waals surface area contributed by atoms with Crippen LogP contribution in [0.5, 0.6) is 5.75 Å². The van der Waals surface area contributed by atoms with Gasteiger partial charge in [0.1, 0.15) is 12.7 Å². The Morgan fingerprint density at radius 1 is 1.28 bits per heavy atom. The molecule has 3 aliphatic rings. The van der Waals surface area contributed by atoms with Crippen LogP contribution in [0.25, 0.3) is 0 Å². The number of carbonyl (C=O) groups is 1. The molecule has 8 nitrogen and oxygen atoms in total. The number of halogens is 2. The van der Waals surface area contributed by atoms with Crippen LogP contribution in [0.15, 0.2) is 24.3 Å². The van der Waals surface area contributed by atoms with E-state index in [2.05, 4.69) is 9.80 Å². The van der Waals surface area contributed by atoms with E-state index in [4.69, 9.17) is 19.5 Å². The van der Waals surface area contributed by atoms with Gasteiger partial charge >= 0.3 is 5.97 Å². The van der Waals surface area contributed by atoms with Crippen molar-refractivity contribution in [2.75, 3.05) is 46.4 Å². The second kappa shape index (κ2) is 10.7. The summed E-state index contributed by atoms with van der Waals surface area (Å²) in [5.41, 5.74) is 3.96. The van der Waals surface area contributed by atoms with Gasteiger partial charge < -0.3 is 19.3 Å². The summed E-state index contributed by atoms with van der Waals surface area (Å²) in [5.74, 6) is -1.10.